The quantitative estimate of drug-likeness (QED) is 0.780. The fourth-order valence-electron chi connectivity index (χ4n) is 3.89. The monoisotopic (exact) mass is 355 g/mol. The van der Waals surface area contributed by atoms with Gasteiger partial charge in [-0.1, -0.05) is 24.4 Å². The Morgan fingerprint density at radius 2 is 2.15 bits per heavy atom. The van der Waals surface area contributed by atoms with Crippen molar-refractivity contribution in [3.63, 3.8) is 0 Å². The first-order chi connectivity index (χ1) is 12.5. The standard InChI is InChI=1S/C18H25N7O/c1-12-8-16(26-24-12)22-17-20-10-15(13-9-21-25(2)11-13)18(19,23-17)14-6-4-3-5-7-14/h8-11,14H,3-7,19H2,1-2H3,(H2,20,22,23). The van der Waals surface area contributed by atoms with Gasteiger partial charge in [0.15, 0.2) is 0 Å². The van der Waals surface area contributed by atoms with E-state index in [0.717, 1.165) is 29.7 Å². The average Bonchev–Trinajstić information content (AvgIpc) is 3.24. The summed E-state index contributed by atoms with van der Waals surface area (Å²) < 4.78 is 7.02. The average molecular weight is 355 g/mol. The molecule has 0 bridgehead atoms. The van der Waals surface area contributed by atoms with Crippen LogP contribution in [-0.2, 0) is 7.05 Å². The van der Waals surface area contributed by atoms with Crippen LogP contribution in [0.15, 0.2) is 34.2 Å². The second kappa shape index (κ2) is 6.60. The molecule has 0 radical (unpaired) electrons. The predicted octanol–water partition coefficient (Wildman–Crippen LogP) is 2.36. The SMILES string of the molecule is Cc1cc(NC2=NC=C(c3cnn(C)c3)C(N)(C3CCCCC3)N2)on1. The summed E-state index contributed by atoms with van der Waals surface area (Å²) in [6.45, 7) is 1.88. The van der Waals surface area contributed by atoms with Crippen LogP contribution >= 0.6 is 0 Å². The van der Waals surface area contributed by atoms with E-state index in [-0.39, 0.29) is 0 Å². The summed E-state index contributed by atoms with van der Waals surface area (Å²) in [7, 11) is 1.90. The van der Waals surface area contributed by atoms with E-state index in [4.69, 9.17) is 10.3 Å². The van der Waals surface area contributed by atoms with Crippen molar-refractivity contribution in [3.05, 3.63) is 35.9 Å². The van der Waals surface area contributed by atoms with Gasteiger partial charge in [0, 0.05) is 36.6 Å². The van der Waals surface area contributed by atoms with Gasteiger partial charge < -0.3 is 15.6 Å². The van der Waals surface area contributed by atoms with E-state index in [1.165, 1.54) is 19.3 Å². The van der Waals surface area contributed by atoms with Gasteiger partial charge in [0.1, 0.15) is 5.66 Å². The summed E-state index contributed by atoms with van der Waals surface area (Å²) in [4.78, 5) is 4.52. The van der Waals surface area contributed by atoms with Gasteiger partial charge in [0.05, 0.1) is 11.9 Å². The van der Waals surface area contributed by atoms with Crippen LogP contribution in [0.5, 0.6) is 0 Å². The Balaban J connectivity index is 1.67. The first-order valence-electron chi connectivity index (χ1n) is 9.09. The molecule has 4 rings (SSSR count). The lowest BCUT2D eigenvalue weighted by molar-refractivity contribution is 0.240. The number of aryl methyl sites for hydroxylation is 2. The van der Waals surface area contributed by atoms with E-state index in [0.29, 0.717) is 17.8 Å². The molecule has 0 spiro atoms. The van der Waals surface area contributed by atoms with Crippen molar-refractivity contribution in [1.29, 1.82) is 0 Å². The Labute approximate surface area is 152 Å². The third kappa shape index (κ3) is 3.12. The van der Waals surface area contributed by atoms with Crippen molar-refractivity contribution in [2.75, 3.05) is 5.32 Å². The molecule has 1 fully saturated rings. The molecule has 1 unspecified atom stereocenters. The summed E-state index contributed by atoms with van der Waals surface area (Å²) in [5, 5.41) is 14.8. The number of aromatic nitrogens is 3. The van der Waals surface area contributed by atoms with Gasteiger partial charge >= 0.3 is 0 Å². The lowest BCUT2D eigenvalue weighted by atomic mass is 9.75. The highest BCUT2D eigenvalue weighted by atomic mass is 16.5. The van der Waals surface area contributed by atoms with Gasteiger partial charge in [-0.2, -0.15) is 5.10 Å². The number of hydrogen-bond donors (Lipinski definition) is 3. The molecule has 138 valence electrons. The van der Waals surface area contributed by atoms with Crippen molar-refractivity contribution in [2.45, 2.75) is 44.7 Å². The largest absolute Gasteiger partial charge is 0.338 e. The van der Waals surface area contributed by atoms with Gasteiger partial charge in [-0.15, -0.1) is 0 Å². The van der Waals surface area contributed by atoms with Crippen molar-refractivity contribution >= 4 is 17.4 Å². The highest BCUT2D eigenvalue weighted by molar-refractivity contribution is 5.97. The molecule has 1 aliphatic heterocycles. The third-order valence-electron chi connectivity index (χ3n) is 5.23. The molecule has 0 saturated heterocycles. The van der Waals surface area contributed by atoms with Crippen LogP contribution in [0.2, 0.25) is 0 Å². The number of rotatable bonds is 3. The van der Waals surface area contributed by atoms with Crippen LogP contribution < -0.4 is 16.4 Å². The maximum Gasteiger partial charge on any atom is 0.231 e. The topological polar surface area (TPSA) is 106 Å². The second-order valence-electron chi connectivity index (χ2n) is 7.21. The number of nitrogens with zero attached hydrogens (tertiary/aromatic N) is 4. The van der Waals surface area contributed by atoms with Crippen LogP contribution in [0.4, 0.5) is 5.88 Å². The smallest absolute Gasteiger partial charge is 0.231 e. The van der Waals surface area contributed by atoms with Gasteiger partial charge in [0.2, 0.25) is 11.8 Å². The number of nitrogens with one attached hydrogen (secondary N) is 2. The molecule has 4 N–H and O–H groups in total. The Morgan fingerprint density at radius 3 is 2.81 bits per heavy atom. The minimum Gasteiger partial charge on any atom is -0.338 e. The van der Waals surface area contributed by atoms with E-state index in [1.807, 2.05) is 38.6 Å². The Bertz CT molecular complexity index is 843. The van der Waals surface area contributed by atoms with Crippen LogP contribution in [0.25, 0.3) is 5.57 Å². The number of anilines is 1. The zero-order valence-electron chi connectivity index (χ0n) is 15.2. The molecule has 1 aliphatic carbocycles. The van der Waals surface area contributed by atoms with Gasteiger partial charge in [0.25, 0.3) is 0 Å². The number of guanidine groups is 1. The molecular weight excluding hydrogens is 330 g/mol. The van der Waals surface area contributed by atoms with Crippen LogP contribution in [-0.4, -0.2) is 26.6 Å². The molecule has 3 heterocycles. The molecule has 0 amide bonds. The van der Waals surface area contributed by atoms with Gasteiger partial charge in [-0.3, -0.25) is 10.00 Å². The molecule has 1 saturated carbocycles. The molecule has 2 aromatic rings. The number of hydrogen-bond acceptors (Lipinski definition) is 7. The maximum atomic E-state index is 6.99. The summed E-state index contributed by atoms with van der Waals surface area (Å²) in [5.41, 5.74) is 9.05. The Hall–Kier alpha value is -2.61. The molecule has 8 nitrogen and oxygen atoms in total. The van der Waals surface area contributed by atoms with Crippen LogP contribution in [0.1, 0.15) is 43.4 Å². The molecular formula is C18H25N7O. The molecule has 8 heteroatoms. The lowest BCUT2D eigenvalue weighted by Gasteiger charge is -2.43. The zero-order chi connectivity index (χ0) is 18.1. The van der Waals surface area contributed by atoms with E-state index in [2.05, 4.69) is 25.9 Å². The van der Waals surface area contributed by atoms with E-state index in [1.54, 1.807) is 4.68 Å². The molecule has 2 aromatic heterocycles. The molecule has 2 aliphatic rings. The van der Waals surface area contributed by atoms with Crippen LogP contribution in [0.3, 0.4) is 0 Å². The van der Waals surface area contributed by atoms with Gasteiger partial charge in [-0.05, 0) is 25.7 Å². The van der Waals surface area contributed by atoms with E-state index < -0.39 is 5.66 Å². The summed E-state index contributed by atoms with van der Waals surface area (Å²) in [5.74, 6) is 1.44. The van der Waals surface area contributed by atoms with Crippen LogP contribution in [0, 0.1) is 12.8 Å². The molecule has 1 atom stereocenters. The van der Waals surface area contributed by atoms with Crippen molar-refractivity contribution in [2.24, 2.45) is 23.7 Å². The fourth-order valence-corrected chi connectivity index (χ4v) is 3.89. The Kier molecular flexibility index (Phi) is 4.28. The van der Waals surface area contributed by atoms with E-state index >= 15 is 0 Å². The first kappa shape index (κ1) is 16.8. The number of nitrogens with two attached hydrogens (primary N) is 1. The highest BCUT2D eigenvalue weighted by Gasteiger charge is 2.42. The second-order valence-corrected chi connectivity index (χ2v) is 7.21. The third-order valence-corrected chi connectivity index (χ3v) is 5.23. The molecule has 0 aromatic carbocycles. The number of aliphatic imine (C=N–C) groups is 1. The normalized spacial score (nSPS) is 24.0. The zero-order valence-corrected chi connectivity index (χ0v) is 15.2. The Morgan fingerprint density at radius 1 is 1.35 bits per heavy atom. The fraction of sp³-hybridized carbons (Fsp3) is 0.500. The maximum absolute atomic E-state index is 6.99. The molecule has 26 heavy (non-hydrogen) atoms. The summed E-state index contributed by atoms with van der Waals surface area (Å²) in [6, 6.07) is 1.82. The summed E-state index contributed by atoms with van der Waals surface area (Å²) >= 11 is 0. The van der Waals surface area contributed by atoms with Crippen molar-refractivity contribution in [3.8, 4) is 0 Å². The minimum atomic E-state index is -0.706. The first-order valence-corrected chi connectivity index (χ1v) is 9.09. The van der Waals surface area contributed by atoms with Gasteiger partial charge in [-0.25, -0.2) is 4.99 Å². The predicted molar refractivity (Wildman–Crippen MR) is 100 cm³/mol. The summed E-state index contributed by atoms with van der Waals surface area (Å²) in [6.07, 6.45) is 11.5. The minimum absolute atomic E-state index is 0.325. The lowest BCUT2D eigenvalue weighted by Crippen LogP contribution is -2.64. The highest BCUT2D eigenvalue weighted by Crippen LogP contribution is 2.39. The van der Waals surface area contributed by atoms with E-state index in [9.17, 15) is 0 Å². The van der Waals surface area contributed by atoms with Crippen molar-refractivity contribution < 1.29 is 4.52 Å². The van der Waals surface area contributed by atoms with Crippen molar-refractivity contribution in [1.82, 2.24) is 20.3 Å².